The minimum atomic E-state index is -0.475. The van der Waals surface area contributed by atoms with Crippen molar-refractivity contribution in [2.24, 2.45) is 10.7 Å². The van der Waals surface area contributed by atoms with Gasteiger partial charge in [-0.25, -0.2) is 9.38 Å². The SMILES string of the molecule is CC.CC1(C)CC2NC(=O)c3cc(F)c4c(c3)[C@@H](CC4)N3C(=O)CC(CC/C=C\c4ccc(c2c4)O1)N=C3N. The molecule has 2 aromatic rings. The van der Waals surface area contributed by atoms with E-state index in [-0.39, 0.29) is 41.8 Å². The number of carbonyl (C=O) groups is 2. The zero-order valence-corrected chi connectivity index (χ0v) is 23.1. The average Bonchev–Trinajstić information content (AvgIpc) is 3.31. The molecule has 2 aromatic carbocycles. The number of nitrogens with two attached hydrogens (primary N) is 1. The lowest BCUT2D eigenvalue weighted by Gasteiger charge is -2.38. The van der Waals surface area contributed by atoms with E-state index < -0.39 is 17.5 Å². The molecule has 3 N–H and O–H groups in total. The van der Waals surface area contributed by atoms with Crippen LogP contribution in [0.4, 0.5) is 4.39 Å². The fourth-order valence-electron chi connectivity index (χ4n) is 6.13. The average molecular weight is 533 g/mol. The zero-order valence-electron chi connectivity index (χ0n) is 23.1. The molecule has 2 amide bonds. The minimum absolute atomic E-state index is 0.111. The quantitative estimate of drug-likeness (QED) is 0.462. The number of halogens is 1. The fourth-order valence-corrected chi connectivity index (χ4v) is 6.13. The molecule has 4 aliphatic heterocycles. The van der Waals surface area contributed by atoms with Crippen molar-refractivity contribution >= 4 is 23.8 Å². The maximum Gasteiger partial charge on any atom is 0.251 e. The van der Waals surface area contributed by atoms with Crippen molar-refractivity contribution in [2.75, 3.05) is 0 Å². The molecule has 8 heteroatoms. The number of amides is 2. The number of nitrogens with one attached hydrogen (secondary N) is 1. The lowest BCUT2D eigenvalue weighted by atomic mass is 9.88. The van der Waals surface area contributed by atoms with Gasteiger partial charge < -0.3 is 15.8 Å². The van der Waals surface area contributed by atoms with Crippen LogP contribution in [0.25, 0.3) is 6.08 Å². The second-order valence-electron chi connectivity index (χ2n) is 11.1. The molecule has 39 heavy (non-hydrogen) atoms. The van der Waals surface area contributed by atoms with Gasteiger partial charge in [0, 0.05) is 24.0 Å². The first-order valence-electron chi connectivity index (χ1n) is 14.0. The third-order valence-electron chi connectivity index (χ3n) is 7.84. The van der Waals surface area contributed by atoms with E-state index in [2.05, 4.69) is 16.4 Å². The Morgan fingerprint density at radius 3 is 2.69 bits per heavy atom. The molecule has 7 nitrogen and oxygen atoms in total. The van der Waals surface area contributed by atoms with E-state index in [1.807, 2.05) is 52.0 Å². The summed E-state index contributed by atoms with van der Waals surface area (Å²) >= 11 is 0. The normalized spacial score (nSPS) is 25.8. The highest BCUT2D eigenvalue weighted by atomic mass is 19.1. The van der Waals surface area contributed by atoms with Crippen LogP contribution in [0.2, 0.25) is 0 Å². The molecule has 4 heterocycles. The van der Waals surface area contributed by atoms with Crippen LogP contribution in [0, 0.1) is 5.82 Å². The predicted molar refractivity (Wildman–Crippen MR) is 150 cm³/mol. The van der Waals surface area contributed by atoms with Crippen molar-refractivity contribution in [3.63, 3.8) is 0 Å². The van der Waals surface area contributed by atoms with Gasteiger partial charge in [0.1, 0.15) is 17.2 Å². The number of ether oxygens (including phenoxy) is 1. The third kappa shape index (κ3) is 5.16. The van der Waals surface area contributed by atoms with Gasteiger partial charge in [-0.3, -0.25) is 14.5 Å². The van der Waals surface area contributed by atoms with Crippen molar-refractivity contribution in [1.82, 2.24) is 10.2 Å². The van der Waals surface area contributed by atoms with Crippen LogP contribution in [-0.4, -0.2) is 34.3 Å². The summed E-state index contributed by atoms with van der Waals surface area (Å²) in [7, 11) is 0. The number of rotatable bonds is 0. The van der Waals surface area contributed by atoms with E-state index in [0.717, 1.165) is 23.3 Å². The molecule has 0 spiro atoms. The molecular formula is C31H37FN4O3. The summed E-state index contributed by atoms with van der Waals surface area (Å²) in [4.78, 5) is 32.8. The Labute approximate surface area is 229 Å². The Morgan fingerprint density at radius 2 is 1.92 bits per heavy atom. The number of hydrogen-bond donors (Lipinski definition) is 2. The number of hydrogen-bond acceptors (Lipinski definition) is 5. The van der Waals surface area contributed by atoms with Crippen molar-refractivity contribution < 1.29 is 18.7 Å². The monoisotopic (exact) mass is 532 g/mol. The van der Waals surface area contributed by atoms with Gasteiger partial charge in [-0.1, -0.05) is 32.1 Å². The molecule has 0 radical (unpaired) electrons. The summed E-state index contributed by atoms with van der Waals surface area (Å²) in [5, 5.41) is 3.13. The van der Waals surface area contributed by atoms with Gasteiger partial charge >= 0.3 is 0 Å². The number of nitrogens with zero attached hydrogens (tertiary/aromatic N) is 2. The Kier molecular flexibility index (Phi) is 7.23. The highest BCUT2D eigenvalue weighted by molar-refractivity contribution is 5.99. The molecule has 7 rings (SSSR count). The van der Waals surface area contributed by atoms with E-state index in [0.29, 0.717) is 36.8 Å². The van der Waals surface area contributed by atoms with Gasteiger partial charge in [0.25, 0.3) is 5.91 Å². The lowest BCUT2D eigenvalue weighted by molar-refractivity contribution is -0.130. The van der Waals surface area contributed by atoms with E-state index >= 15 is 4.39 Å². The second kappa shape index (κ2) is 10.5. The molecule has 0 saturated heterocycles. The maximum absolute atomic E-state index is 15.2. The molecule has 3 atom stereocenters. The molecule has 0 saturated carbocycles. The fraction of sp³-hybridized carbons (Fsp3) is 0.452. The first-order chi connectivity index (χ1) is 18.7. The summed E-state index contributed by atoms with van der Waals surface area (Å²) in [6.45, 7) is 7.99. The van der Waals surface area contributed by atoms with Crippen molar-refractivity contribution in [1.29, 1.82) is 0 Å². The largest absolute Gasteiger partial charge is 0.487 e. The predicted octanol–water partition coefficient (Wildman–Crippen LogP) is 5.59. The highest BCUT2D eigenvalue weighted by Crippen LogP contribution is 2.42. The second-order valence-corrected chi connectivity index (χ2v) is 11.1. The van der Waals surface area contributed by atoms with Gasteiger partial charge in [-0.05, 0) is 80.5 Å². The van der Waals surface area contributed by atoms with Crippen LogP contribution in [0.5, 0.6) is 5.75 Å². The Balaban J connectivity index is 0.00000151. The molecular weight excluding hydrogens is 495 g/mol. The standard InChI is InChI=1S/C29H31FN4O3.C2H6/c1-29(2)15-23-21-11-16(7-10-25(21)37-29)5-3-4-6-18-14-26(35)34(28(31)32-18)24-9-8-19-20(24)12-17(13-22(19)30)27(36)33-23;1-2/h3,5,7,10-13,18,23-24H,4,6,8-9,14-15H2,1-2H3,(H2,31,32)(H,33,36);1-2H3/b5-3-;/t18?,23?,24-;/m1./s1. The summed E-state index contributed by atoms with van der Waals surface area (Å²) in [6.07, 6.45) is 7.41. The van der Waals surface area contributed by atoms with Gasteiger partial charge in [-0.2, -0.15) is 0 Å². The van der Waals surface area contributed by atoms with Crippen LogP contribution in [-0.2, 0) is 11.2 Å². The van der Waals surface area contributed by atoms with Crippen molar-refractivity contribution in [2.45, 2.75) is 89.9 Å². The first-order valence-corrected chi connectivity index (χ1v) is 14.0. The van der Waals surface area contributed by atoms with Crippen molar-refractivity contribution in [3.8, 4) is 5.75 Å². The van der Waals surface area contributed by atoms with Gasteiger partial charge in [0.2, 0.25) is 5.91 Å². The minimum Gasteiger partial charge on any atom is -0.487 e. The molecule has 0 fully saturated rings. The topological polar surface area (TPSA) is 97.0 Å². The third-order valence-corrected chi connectivity index (χ3v) is 7.84. The lowest BCUT2D eigenvalue weighted by Crippen LogP contribution is -2.48. The number of allylic oxidation sites excluding steroid dienone is 1. The molecule has 1 aliphatic carbocycles. The number of guanidine groups is 1. The summed E-state index contributed by atoms with van der Waals surface area (Å²) in [5.41, 5.74) is 9.11. The first kappa shape index (κ1) is 26.9. The number of carbonyl (C=O) groups excluding carboxylic acids is 2. The molecule has 6 bridgehead atoms. The number of benzene rings is 2. The molecule has 2 unspecified atom stereocenters. The maximum atomic E-state index is 15.2. The number of fused-ring (bicyclic) bond motifs is 4. The summed E-state index contributed by atoms with van der Waals surface area (Å²) in [6, 6.07) is 8.05. The van der Waals surface area contributed by atoms with Gasteiger partial charge in [0.05, 0.1) is 18.1 Å². The Hall–Kier alpha value is -3.68. The molecule has 206 valence electrons. The van der Waals surface area contributed by atoms with E-state index in [9.17, 15) is 9.59 Å². The zero-order chi connectivity index (χ0) is 27.9. The van der Waals surface area contributed by atoms with Gasteiger partial charge in [0.15, 0.2) is 5.96 Å². The van der Waals surface area contributed by atoms with Crippen LogP contribution in [0.3, 0.4) is 0 Å². The smallest absolute Gasteiger partial charge is 0.251 e. The van der Waals surface area contributed by atoms with Crippen LogP contribution < -0.4 is 15.8 Å². The van der Waals surface area contributed by atoms with Gasteiger partial charge in [-0.15, -0.1) is 0 Å². The molecule has 0 aromatic heterocycles. The van der Waals surface area contributed by atoms with Crippen LogP contribution in [0.1, 0.15) is 104 Å². The summed E-state index contributed by atoms with van der Waals surface area (Å²) in [5.74, 6) is -0.00138. The van der Waals surface area contributed by atoms with E-state index in [4.69, 9.17) is 10.5 Å². The number of aliphatic imine (C=N–C) groups is 1. The van der Waals surface area contributed by atoms with Crippen molar-refractivity contribution in [3.05, 3.63) is 70.0 Å². The van der Waals surface area contributed by atoms with Crippen LogP contribution in [0.15, 0.2) is 41.4 Å². The molecule has 5 aliphatic rings. The summed E-state index contributed by atoms with van der Waals surface area (Å²) < 4.78 is 21.4. The Bertz CT molecular complexity index is 1370. The van der Waals surface area contributed by atoms with Crippen LogP contribution >= 0.6 is 0 Å². The highest BCUT2D eigenvalue weighted by Gasteiger charge is 2.39. The Morgan fingerprint density at radius 1 is 1.13 bits per heavy atom. The van der Waals surface area contributed by atoms with E-state index in [1.54, 1.807) is 6.07 Å². The van der Waals surface area contributed by atoms with E-state index in [1.165, 1.54) is 11.0 Å².